The number of H-pyrrole nitrogens is 1. The molecule has 2 amide bonds. The SMILES string of the molecule is O=C(Nc1cccc(C(=O)Nc2ccc3[nH]ccc3c2)c1)c1ccccc1. The fraction of sp³-hybridized carbons (Fsp3) is 0. The molecule has 0 saturated heterocycles. The maximum Gasteiger partial charge on any atom is 0.255 e. The Balaban J connectivity index is 1.49. The zero-order valence-corrected chi connectivity index (χ0v) is 14.4. The minimum absolute atomic E-state index is 0.217. The Labute approximate surface area is 156 Å². The van der Waals surface area contributed by atoms with Crippen LogP contribution in [0.1, 0.15) is 20.7 Å². The molecule has 0 aliphatic carbocycles. The maximum atomic E-state index is 12.6. The van der Waals surface area contributed by atoms with Crippen LogP contribution in [-0.4, -0.2) is 16.8 Å². The number of rotatable bonds is 4. The van der Waals surface area contributed by atoms with Gasteiger partial charge in [-0.15, -0.1) is 0 Å². The van der Waals surface area contributed by atoms with Crippen LogP contribution >= 0.6 is 0 Å². The number of benzene rings is 3. The van der Waals surface area contributed by atoms with Crippen LogP contribution in [0.25, 0.3) is 10.9 Å². The van der Waals surface area contributed by atoms with Crippen LogP contribution in [0.4, 0.5) is 11.4 Å². The Morgan fingerprint density at radius 3 is 2.19 bits per heavy atom. The highest BCUT2D eigenvalue weighted by molar-refractivity contribution is 6.07. The number of aromatic amines is 1. The van der Waals surface area contributed by atoms with E-state index < -0.39 is 0 Å². The van der Waals surface area contributed by atoms with Crippen molar-refractivity contribution in [2.45, 2.75) is 0 Å². The largest absolute Gasteiger partial charge is 0.361 e. The molecule has 4 aromatic rings. The summed E-state index contributed by atoms with van der Waals surface area (Å²) >= 11 is 0. The second-order valence-electron chi connectivity index (χ2n) is 6.13. The summed E-state index contributed by atoms with van der Waals surface area (Å²) in [4.78, 5) is 28.0. The average molecular weight is 355 g/mol. The van der Waals surface area contributed by atoms with E-state index in [-0.39, 0.29) is 11.8 Å². The Hall–Kier alpha value is -3.86. The molecule has 0 fully saturated rings. The van der Waals surface area contributed by atoms with Crippen LogP contribution in [-0.2, 0) is 0 Å². The van der Waals surface area contributed by atoms with Crippen molar-refractivity contribution < 1.29 is 9.59 Å². The second kappa shape index (κ2) is 7.17. The summed E-state index contributed by atoms with van der Waals surface area (Å²) in [5.74, 6) is -0.452. The lowest BCUT2D eigenvalue weighted by Crippen LogP contribution is -2.14. The van der Waals surface area contributed by atoms with Gasteiger partial charge >= 0.3 is 0 Å². The van der Waals surface area contributed by atoms with Gasteiger partial charge in [0.15, 0.2) is 0 Å². The lowest BCUT2D eigenvalue weighted by atomic mass is 10.1. The van der Waals surface area contributed by atoms with E-state index in [1.807, 2.05) is 36.5 Å². The molecule has 27 heavy (non-hydrogen) atoms. The summed E-state index contributed by atoms with van der Waals surface area (Å²) in [5, 5.41) is 6.73. The van der Waals surface area contributed by atoms with Crippen LogP contribution in [0.2, 0.25) is 0 Å². The Morgan fingerprint density at radius 2 is 1.37 bits per heavy atom. The molecule has 0 unspecified atom stereocenters. The number of anilines is 2. The van der Waals surface area contributed by atoms with Gasteiger partial charge in [-0.1, -0.05) is 24.3 Å². The van der Waals surface area contributed by atoms with Crippen molar-refractivity contribution in [3.8, 4) is 0 Å². The molecule has 0 bridgehead atoms. The van der Waals surface area contributed by atoms with E-state index in [4.69, 9.17) is 0 Å². The van der Waals surface area contributed by atoms with Crippen molar-refractivity contribution in [1.29, 1.82) is 0 Å². The first-order chi connectivity index (χ1) is 13.2. The first kappa shape index (κ1) is 16.6. The fourth-order valence-corrected chi connectivity index (χ4v) is 2.87. The molecule has 0 radical (unpaired) electrons. The van der Waals surface area contributed by atoms with E-state index >= 15 is 0 Å². The molecular formula is C22H17N3O2. The number of nitrogens with one attached hydrogen (secondary N) is 3. The van der Waals surface area contributed by atoms with E-state index in [0.29, 0.717) is 22.5 Å². The molecule has 5 nitrogen and oxygen atoms in total. The molecule has 0 atom stereocenters. The predicted molar refractivity (Wildman–Crippen MR) is 107 cm³/mol. The van der Waals surface area contributed by atoms with Crippen LogP contribution in [0.15, 0.2) is 85.1 Å². The van der Waals surface area contributed by atoms with E-state index in [2.05, 4.69) is 15.6 Å². The van der Waals surface area contributed by atoms with Gasteiger partial charge in [0.1, 0.15) is 0 Å². The minimum atomic E-state index is -0.235. The number of aromatic nitrogens is 1. The van der Waals surface area contributed by atoms with Crippen LogP contribution < -0.4 is 10.6 Å². The topological polar surface area (TPSA) is 74.0 Å². The lowest BCUT2D eigenvalue weighted by Gasteiger charge is -2.09. The Morgan fingerprint density at radius 1 is 0.667 bits per heavy atom. The van der Waals surface area contributed by atoms with Gasteiger partial charge in [-0.2, -0.15) is 0 Å². The van der Waals surface area contributed by atoms with Gasteiger partial charge in [0.25, 0.3) is 11.8 Å². The highest BCUT2D eigenvalue weighted by atomic mass is 16.2. The summed E-state index contributed by atoms with van der Waals surface area (Å²) in [6, 6.07) is 23.4. The van der Waals surface area contributed by atoms with Crippen LogP contribution in [0.5, 0.6) is 0 Å². The summed E-state index contributed by atoms with van der Waals surface area (Å²) in [7, 11) is 0. The molecule has 132 valence electrons. The normalized spacial score (nSPS) is 10.5. The van der Waals surface area contributed by atoms with Gasteiger partial charge in [-0.25, -0.2) is 0 Å². The van der Waals surface area contributed by atoms with Gasteiger partial charge in [-0.3, -0.25) is 9.59 Å². The van der Waals surface area contributed by atoms with Crippen molar-refractivity contribution in [2.75, 3.05) is 10.6 Å². The maximum absolute atomic E-state index is 12.6. The standard InChI is InChI=1S/C22H17N3O2/c26-21(15-5-2-1-3-6-15)24-18-8-4-7-17(14-18)22(27)25-19-9-10-20-16(13-19)11-12-23-20/h1-14,23H,(H,24,26)(H,25,27). The number of amides is 2. The highest BCUT2D eigenvalue weighted by Gasteiger charge is 2.10. The monoisotopic (exact) mass is 355 g/mol. The number of carbonyl (C=O) groups excluding carboxylic acids is 2. The smallest absolute Gasteiger partial charge is 0.255 e. The molecule has 0 spiro atoms. The zero-order chi connectivity index (χ0) is 18.6. The first-order valence-corrected chi connectivity index (χ1v) is 8.54. The van der Waals surface area contributed by atoms with Crippen molar-refractivity contribution in [1.82, 2.24) is 4.98 Å². The van der Waals surface area contributed by atoms with Gasteiger partial charge in [0.2, 0.25) is 0 Å². The third kappa shape index (κ3) is 3.72. The molecule has 0 aliphatic heterocycles. The molecule has 5 heteroatoms. The highest BCUT2D eigenvalue weighted by Crippen LogP contribution is 2.19. The van der Waals surface area contributed by atoms with Crippen molar-refractivity contribution in [3.05, 3.63) is 96.2 Å². The summed E-state index contributed by atoms with van der Waals surface area (Å²) in [5.41, 5.74) is 3.32. The second-order valence-corrected chi connectivity index (χ2v) is 6.13. The van der Waals surface area contributed by atoms with Crippen LogP contribution in [0, 0.1) is 0 Å². The van der Waals surface area contributed by atoms with Crippen molar-refractivity contribution in [2.24, 2.45) is 0 Å². The summed E-state index contributed by atoms with van der Waals surface area (Å²) in [6.07, 6.45) is 1.86. The molecule has 4 rings (SSSR count). The minimum Gasteiger partial charge on any atom is -0.361 e. The fourth-order valence-electron chi connectivity index (χ4n) is 2.87. The lowest BCUT2D eigenvalue weighted by molar-refractivity contribution is 0.101. The van der Waals surface area contributed by atoms with E-state index in [1.165, 1.54) is 0 Å². The zero-order valence-electron chi connectivity index (χ0n) is 14.4. The molecule has 1 aromatic heterocycles. The van der Waals surface area contributed by atoms with E-state index in [1.54, 1.807) is 48.5 Å². The van der Waals surface area contributed by atoms with Crippen molar-refractivity contribution in [3.63, 3.8) is 0 Å². The van der Waals surface area contributed by atoms with Crippen LogP contribution in [0.3, 0.4) is 0 Å². The Bertz CT molecular complexity index is 1120. The first-order valence-electron chi connectivity index (χ1n) is 8.54. The quantitative estimate of drug-likeness (QED) is 0.497. The third-order valence-corrected chi connectivity index (χ3v) is 4.23. The number of fused-ring (bicyclic) bond motifs is 1. The summed E-state index contributed by atoms with van der Waals surface area (Å²) < 4.78 is 0. The molecular weight excluding hydrogens is 338 g/mol. The van der Waals surface area contributed by atoms with Gasteiger partial charge in [0, 0.05) is 39.6 Å². The van der Waals surface area contributed by atoms with Gasteiger partial charge in [0.05, 0.1) is 0 Å². The average Bonchev–Trinajstić information content (AvgIpc) is 3.16. The predicted octanol–water partition coefficient (Wildman–Crippen LogP) is 4.67. The third-order valence-electron chi connectivity index (χ3n) is 4.23. The Kier molecular flexibility index (Phi) is 4.41. The summed E-state index contributed by atoms with van der Waals surface area (Å²) in [6.45, 7) is 0. The number of hydrogen-bond acceptors (Lipinski definition) is 2. The van der Waals surface area contributed by atoms with E-state index in [0.717, 1.165) is 10.9 Å². The van der Waals surface area contributed by atoms with Gasteiger partial charge < -0.3 is 15.6 Å². The molecule has 1 heterocycles. The van der Waals surface area contributed by atoms with E-state index in [9.17, 15) is 9.59 Å². The van der Waals surface area contributed by atoms with Crippen molar-refractivity contribution >= 4 is 34.1 Å². The molecule has 3 N–H and O–H groups in total. The number of hydrogen-bond donors (Lipinski definition) is 3. The van der Waals surface area contributed by atoms with Gasteiger partial charge in [-0.05, 0) is 54.6 Å². The molecule has 0 aliphatic rings. The molecule has 0 saturated carbocycles. The number of carbonyl (C=O) groups is 2. The molecule has 3 aromatic carbocycles.